The molecule has 0 N–H and O–H groups in total. The van der Waals surface area contributed by atoms with Gasteiger partial charge in [-0.15, -0.1) is 0 Å². The first-order valence-corrected chi connectivity index (χ1v) is 14.2. The van der Waals surface area contributed by atoms with Gasteiger partial charge in [0, 0.05) is 57.6 Å². The molecule has 7 nitrogen and oxygen atoms in total. The monoisotopic (exact) mass is 508 g/mol. The van der Waals surface area contributed by atoms with Crippen molar-refractivity contribution in [2.24, 2.45) is 7.05 Å². The van der Waals surface area contributed by atoms with Gasteiger partial charge in [-0.25, -0.2) is 13.4 Å². The Morgan fingerprint density at radius 3 is 2.50 bits per heavy atom. The van der Waals surface area contributed by atoms with Crippen molar-refractivity contribution >= 4 is 10.0 Å². The Morgan fingerprint density at radius 1 is 1.06 bits per heavy atom. The molecule has 0 bridgehead atoms. The minimum atomic E-state index is -3.67. The lowest BCUT2D eigenvalue weighted by molar-refractivity contribution is -0.0635. The topological polar surface area (TPSA) is 67.7 Å². The van der Waals surface area contributed by atoms with Gasteiger partial charge in [0.2, 0.25) is 5.16 Å². The number of hydrogen-bond acceptors (Lipinski definition) is 5. The van der Waals surface area contributed by atoms with E-state index in [9.17, 15) is 8.42 Å². The van der Waals surface area contributed by atoms with Crippen molar-refractivity contribution in [1.29, 1.82) is 0 Å². The van der Waals surface area contributed by atoms with Crippen molar-refractivity contribution < 1.29 is 13.2 Å². The Labute approximate surface area is 214 Å². The Hall–Kier alpha value is -2.52. The fourth-order valence-corrected chi connectivity index (χ4v) is 7.51. The third kappa shape index (κ3) is 4.41. The number of fused-ring (bicyclic) bond motifs is 1. The zero-order valence-electron chi connectivity index (χ0n) is 21.6. The van der Waals surface area contributed by atoms with Crippen LogP contribution in [0.2, 0.25) is 0 Å². The lowest BCUT2D eigenvalue weighted by Gasteiger charge is -2.57. The highest BCUT2D eigenvalue weighted by Gasteiger charge is 2.50. The number of sulfonamides is 1. The van der Waals surface area contributed by atoms with Gasteiger partial charge < -0.3 is 9.30 Å². The second kappa shape index (κ2) is 10.1. The Bertz CT molecular complexity index is 1320. The van der Waals surface area contributed by atoms with Crippen LogP contribution in [0.25, 0.3) is 11.1 Å². The summed E-state index contributed by atoms with van der Waals surface area (Å²) in [5.74, 6) is 0.203. The van der Waals surface area contributed by atoms with Crippen LogP contribution in [-0.2, 0) is 21.8 Å². The van der Waals surface area contributed by atoms with Crippen molar-refractivity contribution in [3.63, 3.8) is 0 Å². The van der Waals surface area contributed by atoms with E-state index in [1.54, 1.807) is 35.4 Å². The lowest BCUT2D eigenvalue weighted by atomic mass is 9.74. The van der Waals surface area contributed by atoms with Gasteiger partial charge in [-0.3, -0.25) is 4.90 Å². The highest BCUT2D eigenvalue weighted by atomic mass is 32.2. The van der Waals surface area contributed by atoms with Crippen molar-refractivity contribution in [3.8, 4) is 11.1 Å². The molecule has 1 unspecified atom stereocenters. The van der Waals surface area contributed by atoms with E-state index in [0.29, 0.717) is 19.7 Å². The van der Waals surface area contributed by atoms with Crippen molar-refractivity contribution in [1.82, 2.24) is 18.8 Å². The SMILES string of the molecule is COC[C@@H]1[C@@H](c2ccc(-c3cccc(C)c3C)cc2)C2CN(S(=O)(=O)c3nccn3C)CCCCN21. The highest BCUT2D eigenvalue weighted by Crippen LogP contribution is 2.43. The van der Waals surface area contributed by atoms with Gasteiger partial charge in [0.1, 0.15) is 0 Å². The molecule has 2 fully saturated rings. The molecule has 0 amide bonds. The molecule has 0 radical (unpaired) electrons. The average Bonchev–Trinajstić information content (AvgIpc) is 3.29. The van der Waals surface area contributed by atoms with E-state index in [1.165, 1.54) is 27.8 Å². The van der Waals surface area contributed by atoms with Crippen LogP contribution in [0.4, 0.5) is 0 Å². The molecule has 1 aromatic heterocycles. The molecule has 192 valence electrons. The molecule has 0 aliphatic carbocycles. The van der Waals surface area contributed by atoms with Crippen molar-refractivity contribution in [3.05, 3.63) is 71.5 Å². The molecule has 2 aliphatic rings. The summed E-state index contributed by atoms with van der Waals surface area (Å²) >= 11 is 0. The quantitative estimate of drug-likeness (QED) is 0.504. The predicted octanol–water partition coefficient (Wildman–Crippen LogP) is 3.97. The fourth-order valence-electron chi connectivity index (χ4n) is 5.94. The molecule has 2 saturated heterocycles. The van der Waals surface area contributed by atoms with Gasteiger partial charge in [0.25, 0.3) is 10.0 Å². The first kappa shape index (κ1) is 25.1. The van der Waals surface area contributed by atoms with Gasteiger partial charge in [-0.1, -0.05) is 42.5 Å². The van der Waals surface area contributed by atoms with Gasteiger partial charge in [0.05, 0.1) is 6.61 Å². The van der Waals surface area contributed by atoms with E-state index in [0.717, 1.165) is 19.4 Å². The molecule has 2 aromatic carbocycles. The number of rotatable bonds is 6. The molecule has 3 atom stereocenters. The highest BCUT2D eigenvalue weighted by molar-refractivity contribution is 7.89. The number of hydrogen-bond donors (Lipinski definition) is 0. The Morgan fingerprint density at radius 2 is 1.81 bits per heavy atom. The zero-order valence-corrected chi connectivity index (χ0v) is 22.4. The number of benzene rings is 2. The summed E-state index contributed by atoms with van der Waals surface area (Å²) in [6, 6.07) is 15.6. The Balaban J connectivity index is 1.45. The van der Waals surface area contributed by atoms with Crippen LogP contribution in [0.3, 0.4) is 0 Å². The average molecular weight is 509 g/mol. The van der Waals surface area contributed by atoms with Gasteiger partial charge in [-0.05, 0) is 61.1 Å². The summed E-state index contributed by atoms with van der Waals surface area (Å²) in [5.41, 5.74) is 6.28. The maximum Gasteiger partial charge on any atom is 0.277 e. The summed E-state index contributed by atoms with van der Waals surface area (Å²) in [5, 5.41) is 0.108. The van der Waals surface area contributed by atoms with Crippen LogP contribution in [0.5, 0.6) is 0 Å². The minimum absolute atomic E-state index is 0.104. The molecule has 3 heterocycles. The summed E-state index contributed by atoms with van der Waals surface area (Å²) in [4.78, 5) is 6.60. The Kier molecular flexibility index (Phi) is 7.05. The van der Waals surface area contributed by atoms with Crippen LogP contribution < -0.4 is 0 Å². The summed E-state index contributed by atoms with van der Waals surface area (Å²) in [7, 11) is -0.195. The lowest BCUT2D eigenvalue weighted by Crippen LogP contribution is -2.68. The van der Waals surface area contributed by atoms with Crippen LogP contribution in [0.15, 0.2) is 60.0 Å². The van der Waals surface area contributed by atoms with Crippen LogP contribution in [0.1, 0.15) is 35.4 Å². The predicted molar refractivity (Wildman–Crippen MR) is 141 cm³/mol. The molecule has 0 saturated carbocycles. The maximum absolute atomic E-state index is 13.5. The molecule has 8 heteroatoms. The van der Waals surface area contributed by atoms with Crippen molar-refractivity contribution in [2.75, 3.05) is 33.4 Å². The van der Waals surface area contributed by atoms with E-state index >= 15 is 0 Å². The summed E-state index contributed by atoms with van der Waals surface area (Å²) in [6.07, 6.45) is 5.02. The molecular formula is C28H36N4O3S. The standard InChI is InChI=1S/C28H36N4O3S/c1-20-8-7-9-24(21(20)2)22-10-12-23(13-11-22)27-25-18-31(36(33,34)28-29-14-17-30(28)3)15-5-6-16-32(25)26(27)19-35-4/h7-14,17,25-27H,5-6,15-16,18-19H2,1-4H3/t25?,26-,27+/m1/s1. The van der Waals surface area contributed by atoms with E-state index in [1.807, 2.05) is 0 Å². The molecule has 2 aliphatic heterocycles. The van der Waals surface area contributed by atoms with E-state index in [-0.39, 0.29) is 23.2 Å². The number of methoxy groups -OCH3 is 1. The van der Waals surface area contributed by atoms with Crippen LogP contribution >= 0.6 is 0 Å². The number of aromatic nitrogens is 2. The van der Waals surface area contributed by atoms with Gasteiger partial charge in [0.15, 0.2) is 0 Å². The van der Waals surface area contributed by atoms with Crippen molar-refractivity contribution in [2.45, 2.75) is 49.8 Å². The number of imidazole rings is 1. The summed E-state index contributed by atoms with van der Waals surface area (Å²) in [6.45, 7) is 6.89. The van der Waals surface area contributed by atoms with Crippen LogP contribution in [0, 0.1) is 13.8 Å². The summed E-state index contributed by atoms with van der Waals surface area (Å²) < 4.78 is 35.9. The normalized spacial score (nSPS) is 23.5. The molecular weight excluding hydrogens is 472 g/mol. The first-order valence-electron chi connectivity index (χ1n) is 12.7. The second-order valence-electron chi connectivity index (χ2n) is 10.1. The van der Waals surface area contributed by atoms with E-state index in [2.05, 4.69) is 66.2 Å². The number of nitrogens with zero attached hydrogens (tertiary/aromatic N) is 4. The van der Waals surface area contributed by atoms with E-state index in [4.69, 9.17) is 4.74 Å². The van der Waals surface area contributed by atoms with Gasteiger partial charge in [-0.2, -0.15) is 4.31 Å². The van der Waals surface area contributed by atoms with E-state index < -0.39 is 10.0 Å². The molecule has 0 spiro atoms. The number of aryl methyl sites for hydroxylation is 2. The second-order valence-corrected chi connectivity index (χ2v) is 11.9. The number of ether oxygens (including phenoxy) is 1. The minimum Gasteiger partial charge on any atom is -0.383 e. The molecule has 3 aromatic rings. The molecule has 36 heavy (non-hydrogen) atoms. The largest absolute Gasteiger partial charge is 0.383 e. The zero-order chi connectivity index (χ0) is 25.4. The first-order chi connectivity index (χ1) is 17.3. The maximum atomic E-state index is 13.5. The smallest absolute Gasteiger partial charge is 0.277 e. The fraction of sp³-hybridized carbons (Fsp3) is 0.464. The van der Waals surface area contributed by atoms with Crippen LogP contribution in [-0.4, -0.2) is 72.6 Å². The van der Waals surface area contributed by atoms with Gasteiger partial charge >= 0.3 is 0 Å². The molecule has 5 rings (SSSR count). The third-order valence-corrected chi connectivity index (χ3v) is 9.91. The third-order valence-electron chi connectivity index (χ3n) is 8.04.